The summed E-state index contributed by atoms with van der Waals surface area (Å²) in [5, 5.41) is 30.3. The Labute approximate surface area is 216 Å². The Kier molecular flexibility index (Phi) is 5.42. The molecule has 6 rings (SSSR count). The Bertz CT molecular complexity index is 1820. The summed E-state index contributed by atoms with van der Waals surface area (Å²) in [4.78, 5) is 26.7. The molecule has 0 aliphatic rings. The fourth-order valence-corrected chi connectivity index (χ4v) is 4.89. The Balaban J connectivity index is 1.73. The lowest BCUT2D eigenvalue weighted by atomic mass is 9.84. The third-order valence-electron chi connectivity index (χ3n) is 6.33. The van der Waals surface area contributed by atoms with Crippen LogP contribution in [-0.2, 0) is 0 Å². The van der Waals surface area contributed by atoms with Crippen LogP contribution >= 0.6 is 15.9 Å². The van der Waals surface area contributed by atoms with Gasteiger partial charge in [-0.3, -0.25) is 5.10 Å². The lowest BCUT2D eigenvalue weighted by molar-refractivity contribution is 0.441. The minimum Gasteiger partial charge on any atom is -0.507 e. The van der Waals surface area contributed by atoms with Crippen molar-refractivity contribution in [1.82, 2.24) is 10.2 Å². The zero-order chi connectivity index (χ0) is 25.7. The predicted molar refractivity (Wildman–Crippen MR) is 141 cm³/mol. The largest absolute Gasteiger partial charge is 0.507 e. The van der Waals surface area contributed by atoms with Crippen molar-refractivity contribution in [2.75, 3.05) is 0 Å². The smallest absolute Gasteiger partial charge is 0.344 e. The number of aromatic hydroxyl groups is 2. The van der Waals surface area contributed by atoms with Crippen LogP contribution in [-0.4, -0.2) is 20.4 Å². The van der Waals surface area contributed by atoms with Gasteiger partial charge in [-0.2, -0.15) is 5.10 Å². The molecule has 3 aromatic carbocycles. The molecule has 3 N–H and O–H groups in total. The minimum atomic E-state index is -1.28. The second kappa shape index (κ2) is 8.79. The highest BCUT2D eigenvalue weighted by atomic mass is 79.9. The molecule has 0 atom stereocenters. The first-order chi connectivity index (χ1) is 17.9. The number of aromatic nitrogens is 2. The molecule has 3 heterocycles. The number of halogens is 1. The third kappa shape index (κ3) is 3.71. The number of aromatic amines is 1. The van der Waals surface area contributed by atoms with E-state index in [-0.39, 0.29) is 44.6 Å². The van der Waals surface area contributed by atoms with Crippen molar-refractivity contribution < 1.29 is 19.0 Å². The summed E-state index contributed by atoms with van der Waals surface area (Å²) in [6, 6.07) is 20.3. The lowest BCUT2D eigenvalue weighted by Crippen LogP contribution is -2.21. The number of rotatable bonds is 4. The summed E-state index contributed by atoms with van der Waals surface area (Å²) in [6.45, 7) is 0. The van der Waals surface area contributed by atoms with Crippen LogP contribution in [0.4, 0.5) is 0 Å². The molecule has 9 heteroatoms. The highest BCUT2D eigenvalue weighted by molar-refractivity contribution is 9.10. The van der Waals surface area contributed by atoms with Gasteiger partial charge in [0.2, 0.25) is 0 Å². The van der Waals surface area contributed by atoms with E-state index in [0.29, 0.717) is 16.8 Å². The predicted octanol–water partition coefficient (Wildman–Crippen LogP) is 5.64. The molecule has 0 unspecified atom stereocenters. The van der Waals surface area contributed by atoms with Crippen molar-refractivity contribution in [3.05, 3.63) is 121 Å². The number of fused-ring (bicyclic) bond motifs is 2. The zero-order valence-electron chi connectivity index (χ0n) is 18.9. The maximum atomic E-state index is 13.4. The summed E-state index contributed by atoms with van der Waals surface area (Å²) in [7, 11) is 0. The van der Waals surface area contributed by atoms with E-state index in [4.69, 9.17) is 8.83 Å². The first kappa shape index (κ1) is 22.8. The Morgan fingerprint density at radius 2 is 1.27 bits per heavy atom. The number of nitrogens with one attached hydrogen (secondary N) is 1. The molecule has 0 amide bonds. The first-order valence-electron chi connectivity index (χ1n) is 11.2. The Morgan fingerprint density at radius 3 is 1.81 bits per heavy atom. The molecule has 0 saturated carbocycles. The fraction of sp³-hybridized carbons (Fsp3) is 0.0357. The van der Waals surface area contributed by atoms with E-state index in [2.05, 4.69) is 26.1 Å². The molecule has 182 valence electrons. The summed E-state index contributed by atoms with van der Waals surface area (Å²) in [6.07, 6.45) is 1.45. The molecule has 0 aliphatic heterocycles. The highest BCUT2D eigenvalue weighted by Gasteiger charge is 2.34. The lowest BCUT2D eigenvalue weighted by Gasteiger charge is -2.19. The van der Waals surface area contributed by atoms with Crippen molar-refractivity contribution in [2.24, 2.45) is 0 Å². The van der Waals surface area contributed by atoms with Gasteiger partial charge < -0.3 is 19.0 Å². The van der Waals surface area contributed by atoms with E-state index >= 15 is 0 Å². The molecule has 3 aromatic heterocycles. The molecule has 0 bridgehead atoms. The quantitative estimate of drug-likeness (QED) is 0.239. The van der Waals surface area contributed by atoms with E-state index in [1.807, 2.05) is 24.3 Å². The number of H-pyrrole nitrogens is 1. The molecule has 0 saturated heterocycles. The van der Waals surface area contributed by atoms with Gasteiger partial charge in [0.15, 0.2) is 0 Å². The van der Waals surface area contributed by atoms with Gasteiger partial charge in [0.25, 0.3) is 0 Å². The van der Waals surface area contributed by atoms with E-state index < -0.39 is 17.2 Å². The van der Waals surface area contributed by atoms with E-state index in [1.54, 1.807) is 48.5 Å². The van der Waals surface area contributed by atoms with Crippen molar-refractivity contribution in [2.45, 2.75) is 5.92 Å². The van der Waals surface area contributed by atoms with Gasteiger partial charge in [-0.25, -0.2) is 9.59 Å². The molecule has 8 nitrogen and oxygen atoms in total. The Morgan fingerprint density at radius 1 is 0.757 bits per heavy atom. The number of para-hydroxylation sites is 2. The van der Waals surface area contributed by atoms with Crippen LogP contribution in [0, 0.1) is 0 Å². The highest BCUT2D eigenvalue weighted by Crippen LogP contribution is 2.44. The topological polar surface area (TPSA) is 130 Å². The van der Waals surface area contributed by atoms with Crippen LogP contribution in [0.1, 0.15) is 22.6 Å². The standard InChI is InChI=1S/C28H17BrN2O6/c29-15-11-9-14(10-12-15)24-18(13-30-31-24)21(22-25(32)16-5-1-3-7-19(16)36-27(22)34)23-26(33)17-6-2-4-8-20(17)37-28(23)35/h1-13,21,32-33H,(H,30,31). The molecule has 37 heavy (non-hydrogen) atoms. The molecule has 0 fully saturated rings. The van der Waals surface area contributed by atoms with E-state index in [9.17, 15) is 19.8 Å². The van der Waals surface area contributed by atoms with Crippen LogP contribution in [0.25, 0.3) is 33.2 Å². The summed E-state index contributed by atoms with van der Waals surface area (Å²) in [5.74, 6) is -2.02. The second-order valence-corrected chi connectivity index (χ2v) is 9.35. The SMILES string of the molecule is O=c1oc2ccccc2c(O)c1C(c1cn[nH]c1-c1ccc(Br)cc1)c1c(O)c2ccccc2oc1=O. The van der Waals surface area contributed by atoms with E-state index in [0.717, 1.165) is 4.47 Å². The first-order valence-corrected chi connectivity index (χ1v) is 12.0. The molecular formula is C28H17BrN2O6. The van der Waals surface area contributed by atoms with Crippen molar-refractivity contribution in [1.29, 1.82) is 0 Å². The van der Waals surface area contributed by atoms with Crippen molar-refractivity contribution in [3.63, 3.8) is 0 Å². The second-order valence-electron chi connectivity index (χ2n) is 8.44. The van der Waals surface area contributed by atoms with E-state index in [1.165, 1.54) is 6.20 Å². The maximum Gasteiger partial charge on any atom is 0.344 e. The third-order valence-corrected chi connectivity index (χ3v) is 6.86. The van der Waals surface area contributed by atoms with Gasteiger partial charge in [-0.05, 0) is 42.0 Å². The monoisotopic (exact) mass is 556 g/mol. The van der Waals surface area contributed by atoms with Gasteiger partial charge in [0.1, 0.15) is 22.7 Å². The molecular weight excluding hydrogens is 540 g/mol. The van der Waals surface area contributed by atoms with Crippen LogP contribution in [0.3, 0.4) is 0 Å². The Hall–Kier alpha value is -4.63. The number of benzene rings is 3. The molecule has 0 aliphatic carbocycles. The summed E-state index contributed by atoms with van der Waals surface area (Å²) in [5.41, 5.74) is -0.269. The average Bonchev–Trinajstić information content (AvgIpc) is 3.37. The number of hydrogen-bond donors (Lipinski definition) is 3. The van der Waals surface area contributed by atoms with Gasteiger partial charge >= 0.3 is 11.3 Å². The van der Waals surface area contributed by atoms with Gasteiger partial charge in [0.05, 0.1) is 39.7 Å². The van der Waals surface area contributed by atoms with Crippen LogP contribution in [0.15, 0.2) is 102 Å². The fourth-order valence-electron chi connectivity index (χ4n) is 4.62. The van der Waals surface area contributed by atoms with Gasteiger partial charge in [-0.15, -0.1) is 0 Å². The molecule has 0 spiro atoms. The van der Waals surface area contributed by atoms with Gasteiger partial charge in [0, 0.05) is 10.0 Å². The maximum absolute atomic E-state index is 13.4. The summed E-state index contributed by atoms with van der Waals surface area (Å²) < 4.78 is 11.9. The number of hydrogen-bond acceptors (Lipinski definition) is 7. The van der Waals surface area contributed by atoms with Crippen LogP contribution < -0.4 is 11.3 Å². The minimum absolute atomic E-state index is 0.183. The normalized spacial score (nSPS) is 11.5. The van der Waals surface area contributed by atoms with Crippen molar-refractivity contribution >= 4 is 37.9 Å². The van der Waals surface area contributed by atoms with Crippen LogP contribution in [0.5, 0.6) is 11.5 Å². The van der Waals surface area contributed by atoms with Crippen molar-refractivity contribution in [3.8, 4) is 22.8 Å². The zero-order valence-corrected chi connectivity index (χ0v) is 20.5. The van der Waals surface area contributed by atoms with Crippen LogP contribution in [0.2, 0.25) is 0 Å². The molecule has 6 aromatic rings. The average molecular weight is 557 g/mol. The molecule has 0 radical (unpaired) electrons. The number of nitrogens with zero attached hydrogens (tertiary/aromatic N) is 1. The van der Waals surface area contributed by atoms with Gasteiger partial charge in [-0.1, -0.05) is 52.3 Å². The summed E-state index contributed by atoms with van der Waals surface area (Å²) >= 11 is 3.41.